The molecule has 0 saturated carbocycles. The maximum absolute atomic E-state index is 13.5. The van der Waals surface area contributed by atoms with E-state index in [4.69, 9.17) is 21.1 Å². The Morgan fingerprint density at radius 3 is 2.44 bits per heavy atom. The number of rotatable bonds is 5. The van der Waals surface area contributed by atoms with Crippen LogP contribution in [0.15, 0.2) is 76.6 Å². The fraction of sp³-hybridized carbons (Fsp3) is 0.179. The minimum absolute atomic E-state index is 0.245. The highest BCUT2D eigenvalue weighted by Gasteiger charge is 2.36. The minimum atomic E-state index is -0.466. The third-order valence-electron chi connectivity index (χ3n) is 6.37. The van der Waals surface area contributed by atoms with E-state index in [2.05, 4.69) is 10.1 Å². The maximum Gasteiger partial charge on any atom is 0.258 e. The van der Waals surface area contributed by atoms with Crippen molar-refractivity contribution in [2.45, 2.75) is 19.4 Å². The van der Waals surface area contributed by atoms with Gasteiger partial charge in [0.15, 0.2) is 11.5 Å². The lowest BCUT2D eigenvalue weighted by molar-refractivity contribution is -0.130. The molecule has 1 N–H and O–H groups in total. The van der Waals surface area contributed by atoms with Gasteiger partial charge in [0.05, 0.1) is 31.5 Å². The molecule has 1 aliphatic rings. The van der Waals surface area contributed by atoms with Gasteiger partial charge < -0.3 is 14.5 Å². The van der Waals surface area contributed by atoms with Crippen LogP contribution in [0.3, 0.4) is 0 Å². The molecule has 3 aromatic carbocycles. The molecule has 36 heavy (non-hydrogen) atoms. The first kappa shape index (κ1) is 23.6. The van der Waals surface area contributed by atoms with Gasteiger partial charge in [-0.2, -0.15) is 5.10 Å². The Balaban J connectivity index is 1.72. The molecule has 0 bridgehead atoms. The van der Waals surface area contributed by atoms with Gasteiger partial charge in [-0.25, -0.2) is 5.01 Å². The van der Waals surface area contributed by atoms with E-state index in [9.17, 15) is 9.59 Å². The van der Waals surface area contributed by atoms with Crippen LogP contribution in [0.5, 0.6) is 11.5 Å². The van der Waals surface area contributed by atoms with Crippen LogP contribution in [-0.2, 0) is 4.79 Å². The van der Waals surface area contributed by atoms with E-state index < -0.39 is 6.04 Å². The zero-order valence-corrected chi connectivity index (χ0v) is 20.8. The summed E-state index contributed by atoms with van der Waals surface area (Å²) in [5.41, 5.74) is 3.69. The van der Waals surface area contributed by atoms with Crippen LogP contribution in [-0.4, -0.2) is 35.8 Å². The number of hydrogen-bond donors (Lipinski definition) is 1. The number of pyridine rings is 1. The quantitative estimate of drug-likeness (QED) is 0.388. The molecule has 2 heterocycles. The Morgan fingerprint density at radius 1 is 1.00 bits per heavy atom. The van der Waals surface area contributed by atoms with Crippen LogP contribution in [0, 0.1) is 0 Å². The molecule has 0 aliphatic carbocycles. The van der Waals surface area contributed by atoms with Crippen molar-refractivity contribution in [2.75, 3.05) is 14.2 Å². The van der Waals surface area contributed by atoms with E-state index in [1.54, 1.807) is 32.4 Å². The first-order chi connectivity index (χ1) is 17.4. The molecule has 1 aliphatic heterocycles. The van der Waals surface area contributed by atoms with E-state index >= 15 is 0 Å². The topological polar surface area (TPSA) is 84.0 Å². The van der Waals surface area contributed by atoms with Gasteiger partial charge in [0, 0.05) is 40.4 Å². The van der Waals surface area contributed by atoms with Gasteiger partial charge in [0.2, 0.25) is 5.91 Å². The average molecular weight is 502 g/mol. The Labute approximate surface area is 212 Å². The number of halogens is 1. The van der Waals surface area contributed by atoms with Crippen LogP contribution in [0.2, 0.25) is 5.02 Å². The van der Waals surface area contributed by atoms with Gasteiger partial charge in [0.1, 0.15) is 0 Å². The number of benzene rings is 3. The average Bonchev–Trinajstić information content (AvgIpc) is 3.33. The normalized spacial score (nSPS) is 15.2. The number of aromatic nitrogens is 1. The molecule has 7 nitrogen and oxygen atoms in total. The Bertz CT molecular complexity index is 1560. The largest absolute Gasteiger partial charge is 0.493 e. The third-order valence-corrected chi connectivity index (χ3v) is 6.62. The summed E-state index contributed by atoms with van der Waals surface area (Å²) in [4.78, 5) is 29.2. The molecule has 4 aromatic rings. The van der Waals surface area contributed by atoms with Crippen LogP contribution in [0.4, 0.5) is 0 Å². The number of ether oxygens (including phenoxy) is 2. The number of hydrogen-bond acceptors (Lipinski definition) is 5. The molecular weight excluding hydrogens is 478 g/mol. The molecule has 0 fully saturated rings. The number of aromatic amines is 1. The smallest absolute Gasteiger partial charge is 0.258 e. The van der Waals surface area contributed by atoms with Crippen molar-refractivity contribution in [3.63, 3.8) is 0 Å². The monoisotopic (exact) mass is 501 g/mol. The van der Waals surface area contributed by atoms with Gasteiger partial charge in [0.25, 0.3) is 5.56 Å². The lowest BCUT2D eigenvalue weighted by Gasteiger charge is -2.23. The van der Waals surface area contributed by atoms with Crippen molar-refractivity contribution < 1.29 is 14.3 Å². The molecule has 1 aromatic heterocycles. The molecular formula is C28H24ClN3O4. The fourth-order valence-electron chi connectivity index (χ4n) is 4.80. The molecule has 182 valence electrons. The fourth-order valence-corrected chi connectivity index (χ4v) is 4.93. The van der Waals surface area contributed by atoms with E-state index in [-0.39, 0.29) is 11.5 Å². The summed E-state index contributed by atoms with van der Waals surface area (Å²) in [7, 11) is 3.12. The Hall–Kier alpha value is -4.10. The third kappa shape index (κ3) is 4.01. The summed E-state index contributed by atoms with van der Waals surface area (Å²) in [6.45, 7) is 1.46. The van der Waals surface area contributed by atoms with Crippen LogP contribution < -0.4 is 15.0 Å². The lowest BCUT2D eigenvalue weighted by atomic mass is 9.91. The molecule has 8 heteroatoms. The maximum atomic E-state index is 13.5. The molecule has 0 spiro atoms. The standard InChI is InChI=1S/C28H24ClN3O4/c1-16(33)32-23(20-8-6-10-24(35-2)27(20)36-3)15-22(31-32)26-25(17-11-13-18(29)14-12-17)19-7-4-5-9-21(19)30-28(26)34/h4-14,23H,15H2,1-3H3,(H,30,34). The van der Waals surface area contributed by atoms with E-state index in [1.807, 2.05) is 48.5 Å². The van der Waals surface area contributed by atoms with Crippen molar-refractivity contribution in [2.24, 2.45) is 5.10 Å². The Morgan fingerprint density at radius 2 is 1.75 bits per heavy atom. The molecule has 1 unspecified atom stereocenters. The zero-order valence-electron chi connectivity index (χ0n) is 20.0. The van der Waals surface area contributed by atoms with Gasteiger partial charge in [-0.1, -0.05) is 54.1 Å². The molecule has 1 amide bonds. The van der Waals surface area contributed by atoms with Crippen LogP contribution in [0.25, 0.3) is 22.0 Å². The summed E-state index contributed by atoms with van der Waals surface area (Å²) in [5, 5.41) is 7.55. The minimum Gasteiger partial charge on any atom is -0.493 e. The highest BCUT2D eigenvalue weighted by Crippen LogP contribution is 2.42. The van der Waals surface area contributed by atoms with Crippen LogP contribution >= 0.6 is 11.6 Å². The Kier molecular flexibility index (Phi) is 6.24. The highest BCUT2D eigenvalue weighted by molar-refractivity contribution is 6.30. The summed E-state index contributed by atoms with van der Waals surface area (Å²) < 4.78 is 11.1. The SMILES string of the molecule is COc1cccc(C2CC(c3c(-c4ccc(Cl)cc4)c4ccccc4[nH]c3=O)=NN2C(C)=O)c1OC. The van der Waals surface area contributed by atoms with E-state index in [0.717, 1.165) is 22.1 Å². The number of amides is 1. The molecule has 1 atom stereocenters. The van der Waals surface area contributed by atoms with Crippen LogP contribution in [0.1, 0.15) is 30.5 Å². The van der Waals surface area contributed by atoms with Crippen molar-refractivity contribution in [1.29, 1.82) is 0 Å². The van der Waals surface area contributed by atoms with Crippen molar-refractivity contribution in [3.8, 4) is 22.6 Å². The van der Waals surface area contributed by atoms with Crippen molar-refractivity contribution in [3.05, 3.63) is 93.2 Å². The predicted octanol–water partition coefficient (Wildman–Crippen LogP) is 5.56. The number of carbonyl (C=O) groups is 1. The molecule has 0 radical (unpaired) electrons. The predicted molar refractivity (Wildman–Crippen MR) is 141 cm³/mol. The first-order valence-corrected chi connectivity index (χ1v) is 11.8. The van der Waals surface area contributed by atoms with E-state index in [1.165, 1.54) is 11.9 Å². The van der Waals surface area contributed by atoms with Gasteiger partial charge >= 0.3 is 0 Å². The molecule has 0 saturated heterocycles. The van der Waals surface area contributed by atoms with Crippen molar-refractivity contribution in [1.82, 2.24) is 9.99 Å². The molecule has 5 rings (SSSR count). The second-order valence-corrected chi connectivity index (χ2v) is 8.91. The second kappa shape index (κ2) is 9.51. The van der Waals surface area contributed by atoms with Gasteiger partial charge in [-0.3, -0.25) is 9.59 Å². The number of methoxy groups -OCH3 is 2. The summed E-state index contributed by atoms with van der Waals surface area (Å²) in [6.07, 6.45) is 0.325. The number of nitrogens with one attached hydrogen (secondary N) is 1. The summed E-state index contributed by atoms with van der Waals surface area (Å²) >= 11 is 6.15. The van der Waals surface area contributed by atoms with Gasteiger partial charge in [-0.05, 0) is 29.8 Å². The lowest BCUT2D eigenvalue weighted by Crippen LogP contribution is -2.24. The van der Waals surface area contributed by atoms with Crippen molar-refractivity contribution >= 4 is 34.1 Å². The van der Waals surface area contributed by atoms with E-state index in [0.29, 0.717) is 39.7 Å². The number of para-hydroxylation sites is 2. The summed E-state index contributed by atoms with van der Waals surface area (Å²) in [6, 6.07) is 20.0. The number of hydrazone groups is 1. The number of H-pyrrole nitrogens is 1. The number of carbonyl (C=O) groups excluding carboxylic acids is 1. The highest BCUT2D eigenvalue weighted by atomic mass is 35.5. The number of fused-ring (bicyclic) bond motifs is 1. The zero-order chi connectivity index (χ0) is 25.4. The first-order valence-electron chi connectivity index (χ1n) is 11.4. The van der Waals surface area contributed by atoms with Gasteiger partial charge in [-0.15, -0.1) is 0 Å². The second-order valence-electron chi connectivity index (χ2n) is 8.47. The number of nitrogens with zero attached hydrogens (tertiary/aromatic N) is 2. The summed E-state index contributed by atoms with van der Waals surface area (Å²) in [5.74, 6) is 0.834.